The Morgan fingerprint density at radius 2 is 2.00 bits per heavy atom. The Kier molecular flexibility index (Phi) is 3.08. The summed E-state index contributed by atoms with van der Waals surface area (Å²) in [6.07, 6.45) is 0.932. The highest BCUT2D eigenvalue weighted by molar-refractivity contribution is 5.27. The van der Waals surface area contributed by atoms with Gasteiger partial charge in [-0.1, -0.05) is 19.1 Å². The molecule has 3 nitrogen and oxygen atoms in total. The van der Waals surface area contributed by atoms with Gasteiger partial charge in [0.25, 0.3) is 0 Å². The summed E-state index contributed by atoms with van der Waals surface area (Å²) in [5.41, 5.74) is 3.80. The minimum absolute atomic E-state index is 0.172. The standard InChI is InChI=1S/C9H14N2O/c1-2-9(11-10)7-3-5-8(12)6-4-7/h3-6,9,11-12H,2,10H2,1H3/t9-/m0/s1. The molecule has 0 unspecified atom stereocenters. The number of hydrazine groups is 1. The Bertz CT molecular complexity index is 229. The first kappa shape index (κ1) is 9.03. The van der Waals surface area contributed by atoms with Crippen molar-refractivity contribution in [3.63, 3.8) is 0 Å². The number of benzene rings is 1. The molecule has 0 heterocycles. The lowest BCUT2D eigenvalue weighted by atomic mass is 10.1. The van der Waals surface area contributed by atoms with Crippen LogP contribution in [-0.4, -0.2) is 5.11 Å². The molecule has 0 bridgehead atoms. The van der Waals surface area contributed by atoms with Crippen LogP contribution in [0.5, 0.6) is 5.75 Å². The monoisotopic (exact) mass is 166 g/mol. The van der Waals surface area contributed by atoms with Gasteiger partial charge >= 0.3 is 0 Å². The number of phenolic OH excluding ortho intramolecular Hbond substituents is 1. The molecule has 0 spiro atoms. The molecular weight excluding hydrogens is 152 g/mol. The molecule has 0 radical (unpaired) electrons. The zero-order valence-corrected chi connectivity index (χ0v) is 7.12. The van der Waals surface area contributed by atoms with E-state index in [4.69, 9.17) is 10.9 Å². The molecule has 0 aliphatic heterocycles. The van der Waals surface area contributed by atoms with E-state index in [1.807, 2.05) is 12.1 Å². The fourth-order valence-corrected chi connectivity index (χ4v) is 1.16. The van der Waals surface area contributed by atoms with Crippen molar-refractivity contribution >= 4 is 0 Å². The summed E-state index contributed by atoms with van der Waals surface area (Å²) in [6, 6.07) is 7.22. The third kappa shape index (κ3) is 1.96. The summed E-state index contributed by atoms with van der Waals surface area (Å²) in [5, 5.41) is 9.03. The summed E-state index contributed by atoms with van der Waals surface area (Å²) in [7, 11) is 0. The Hall–Kier alpha value is -1.06. The minimum Gasteiger partial charge on any atom is -0.508 e. The average Bonchev–Trinajstić information content (AvgIpc) is 2.10. The van der Waals surface area contributed by atoms with Crippen molar-refractivity contribution in [3.05, 3.63) is 29.8 Å². The van der Waals surface area contributed by atoms with E-state index >= 15 is 0 Å². The van der Waals surface area contributed by atoms with Crippen molar-refractivity contribution in [2.75, 3.05) is 0 Å². The van der Waals surface area contributed by atoms with Gasteiger partial charge in [-0.2, -0.15) is 0 Å². The molecule has 0 saturated carbocycles. The molecule has 0 saturated heterocycles. The molecule has 12 heavy (non-hydrogen) atoms. The highest BCUT2D eigenvalue weighted by atomic mass is 16.3. The van der Waals surface area contributed by atoms with Gasteiger partial charge < -0.3 is 5.11 Å². The van der Waals surface area contributed by atoms with Crippen LogP contribution in [0.15, 0.2) is 24.3 Å². The number of nitrogens with two attached hydrogens (primary N) is 1. The zero-order valence-electron chi connectivity index (χ0n) is 7.12. The second-order valence-electron chi connectivity index (χ2n) is 2.72. The number of hydrogen-bond donors (Lipinski definition) is 3. The van der Waals surface area contributed by atoms with Crippen LogP contribution >= 0.6 is 0 Å². The minimum atomic E-state index is 0.172. The first-order chi connectivity index (χ1) is 5.77. The SMILES string of the molecule is CC[C@H](NN)c1ccc(O)cc1. The number of nitrogens with one attached hydrogen (secondary N) is 1. The molecule has 1 aromatic carbocycles. The molecular formula is C9H14N2O. The van der Waals surface area contributed by atoms with Gasteiger partial charge in [0.05, 0.1) is 0 Å². The van der Waals surface area contributed by atoms with Gasteiger partial charge in [-0.25, -0.2) is 0 Å². The number of rotatable bonds is 3. The van der Waals surface area contributed by atoms with Crippen LogP contribution in [0, 0.1) is 0 Å². The third-order valence-corrected chi connectivity index (χ3v) is 1.90. The van der Waals surface area contributed by atoms with Crippen molar-refractivity contribution in [1.82, 2.24) is 5.43 Å². The normalized spacial score (nSPS) is 12.8. The van der Waals surface area contributed by atoms with Gasteiger partial charge in [-0.05, 0) is 24.1 Å². The molecule has 0 aliphatic carbocycles. The van der Waals surface area contributed by atoms with Crippen LogP contribution in [0.1, 0.15) is 24.9 Å². The summed E-state index contributed by atoms with van der Waals surface area (Å²) in [5.74, 6) is 5.62. The fourth-order valence-electron chi connectivity index (χ4n) is 1.16. The Balaban J connectivity index is 2.80. The van der Waals surface area contributed by atoms with Crippen LogP contribution in [0.4, 0.5) is 0 Å². The maximum atomic E-state index is 9.03. The van der Waals surface area contributed by atoms with E-state index in [0.717, 1.165) is 12.0 Å². The van der Waals surface area contributed by atoms with Gasteiger partial charge in [0, 0.05) is 6.04 Å². The van der Waals surface area contributed by atoms with Gasteiger partial charge in [0.1, 0.15) is 5.75 Å². The number of hydrogen-bond acceptors (Lipinski definition) is 3. The van der Waals surface area contributed by atoms with Crippen molar-refractivity contribution < 1.29 is 5.11 Å². The molecule has 0 fully saturated rings. The van der Waals surface area contributed by atoms with Crippen molar-refractivity contribution in [1.29, 1.82) is 0 Å². The molecule has 0 amide bonds. The Labute approximate surface area is 72.2 Å². The van der Waals surface area contributed by atoms with E-state index in [2.05, 4.69) is 12.3 Å². The van der Waals surface area contributed by atoms with Crippen LogP contribution < -0.4 is 11.3 Å². The maximum absolute atomic E-state index is 9.03. The van der Waals surface area contributed by atoms with Crippen molar-refractivity contribution in [2.45, 2.75) is 19.4 Å². The van der Waals surface area contributed by atoms with E-state index in [-0.39, 0.29) is 11.8 Å². The average molecular weight is 166 g/mol. The lowest BCUT2D eigenvalue weighted by Crippen LogP contribution is -2.27. The predicted molar refractivity (Wildman–Crippen MR) is 48.5 cm³/mol. The predicted octanol–water partition coefficient (Wildman–Crippen LogP) is 1.31. The molecule has 0 aromatic heterocycles. The summed E-state index contributed by atoms with van der Waals surface area (Å²) in [4.78, 5) is 0. The first-order valence-corrected chi connectivity index (χ1v) is 4.03. The molecule has 3 heteroatoms. The van der Waals surface area contributed by atoms with Gasteiger partial charge in [-0.3, -0.25) is 11.3 Å². The third-order valence-electron chi connectivity index (χ3n) is 1.90. The highest BCUT2D eigenvalue weighted by Crippen LogP contribution is 2.18. The van der Waals surface area contributed by atoms with E-state index in [1.165, 1.54) is 0 Å². The maximum Gasteiger partial charge on any atom is 0.115 e. The quantitative estimate of drug-likeness (QED) is 0.468. The van der Waals surface area contributed by atoms with E-state index in [1.54, 1.807) is 12.1 Å². The Morgan fingerprint density at radius 3 is 2.42 bits per heavy atom. The molecule has 1 aromatic rings. The van der Waals surface area contributed by atoms with Gasteiger partial charge in [0.2, 0.25) is 0 Å². The summed E-state index contributed by atoms with van der Waals surface area (Å²) < 4.78 is 0. The molecule has 0 aliphatic rings. The highest BCUT2D eigenvalue weighted by Gasteiger charge is 2.05. The van der Waals surface area contributed by atoms with Crippen LogP contribution in [0.3, 0.4) is 0 Å². The molecule has 4 N–H and O–H groups in total. The van der Waals surface area contributed by atoms with Gasteiger partial charge in [0.15, 0.2) is 0 Å². The van der Waals surface area contributed by atoms with Crippen LogP contribution in [0.25, 0.3) is 0 Å². The molecule has 66 valence electrons. The molecule has 1 atom stereocenters. The lowest BCUT2D eigenvalue weighted by molar-refractivity contribution is 0.473. The fraction of sp³-hybridized carbons (Fsp3) is 0.333. The van der Waals surface area contributed by atoms with E-state index in [0.29, 0.717) is 0 Å². The Morgan fingerprint density at radius 1 is 1.42 bits per heavy atom. The topological polar surface area (TPSA) is 58.3 Å². The van der Waals surface area contributed by atoms with E-state index < -0.39 is 0 Å². The summed E-state index contributed by atoms with van der Waals surface area (Å²) >= 11 is 0. The van der Waals surface area contributed by atoms with Crippen LogP contribution in [-0.2, 0) is 0 Å². The molecule has 1 rings (SSSR count). The van der Waals surface area contributed by atoms with Gasteiger partial charge in [-0.15, -0.1) is 0 Å². The largest absolute Gasteiger partial charge is 0.508 e. The summed E-state index contributed by atoms with van der Waals surface area (Å²) in [6.45, 7) is 2.05. The smallest absolute Gasteiger partial charge is 0.115 e. The first-order valence-electron chi connectivity index (χ1n) is 4.03. The van der Waals surface area contributed by atoms with E-state index in [9.17, 15) is 0 Å². The second-order valence-corrected chi connectivity index (χ2v) is 2.72. The number of aromatic hydroxyl groups is 1. The van der Waals surface area contributed by atoms with Crippen molar-refractivity contribution in [3.8, 4) is 5.75 Å². The number of phenols is 1. The van der Waals surface area contributed by atoms with Crippen molar-refractivity contribution in [2.24, 2.45) is 5.84 Å². The van der Waals surface area contributed by atoms with Crippen LogP contribution in [0.2, 0.25) is 0 Å². The zero-order chi connectivity index (χ0) is 8.97. The lowest BCUT2D eigenvalue weighted by Gasteiger charge is -2.13. The second kappa shape index (κ2) is 4.09.